The molecule has 0 heterocycles. The van der Waals surface area contributed by atoms with Crippen LogP contribution >= 0.6 is 0 Å². The molecular weight excluding hydrogens is 665 g/mol. The fourth-order valence-electron chi connectivity index (χ4n) is 8.42. The smallest absolute Gasteiger partial charge is 0.0468 e. The van der Waals surface area contributed by atoms with E-state index in [1.54, 1.807) is 0 Å². The molecule has 0 radical (unpaired) electrons. The number of hydrogen-bond acceptors (Lipinski definition) is 2. The minimum atomic E-state index is 1.11. The van der Waals surface area contributed by atoms with Crippen LogP contribution in [0.15, 0.2) is 212 Å². The maximum absolute atomic E-state index is 2.42. The second-order valence-corrected chi connectivity index (χ2v) is 14.2. The number of fused-ring (bicyclic) bond motifs is 4. The number of nitrogens with zero attached hydrogens (tertiary/aromatic N) is 2. The highest BCUT2D eigenvalue weighted by molar-refractivity contribution is 6.26. The van der Waals surface area contributed by atoms with Gasteiger partial charge in [-0.3, -0.25) is 0 Å². The zero-order chi connectivity index (χ0) is 36.7. The summed E-state index contributed by atoms with van der Waals surface area (Å²) in [7, 11) is 2.16. The van der Waals surface area contributed by atoms with Crippen LogP contribution in [-0.2, 0) is 0 Å². The van der Waals surface area contributed by atoms with Gasteiger partial charge in [-0.05, 0) is 126 Å². The van der Waals surface area contributed by atoms with Crippen molar-refractivity contribution in [3.05, 3.63) is 212 Å². The first kappa shape index (κ1) is 32.5. The first-order chi connectivity index (χ1) is 27.2. The molecule has 10 rings (SSSR count). The summed E-state index contributed by atoms with van der Waals surface area (Å²) < 4.78 is 0. The molecule has 0 aromatic heterocycles. The standard InChI is InChI=1S/C53H38N2/c1-54(39-21-5-2-6-22-39)42-31-33-48-50(35-42)52(46-29-15-19-37-17-11-13-27-44(37)46)49-34-32-43(55(40-23-7-3-8-24-40)41-25-9-4-10-26-41)36-51(49)53(48)47-30-16-20-38-18-12-14-28-45(38)47/h2-36H,1H3. The molecular formula is C53H38N2. The largest absolute Gasteiger partial charge is 0.345 e. The van der Waals surface area contributed by atoms with Crippen LogP contribution in [0.1, 0.15) is 0 Å². The summed E-state index contributed by atoms with van der Waals surface area (Å²) >= 11 is 0. The van der Waals surface area contributed by atoms with E-state index in [4.69, 9.17) is 0 Å². The molecule has 0 unspecified atom stereocenters. The number of anilines is 5. The van der Waals surface area contributed by atoms with Crippen LogP contribution in [0, 0.1) is 0 Å². The summed E-state index contributed by atoms with van der Waals surface area (Å²) in [6.45, 7) is 0. The number of para-hydroxylation sites is 3. The lowest BCUT2D eigenvalue weighted by Gasteiger charge is -2.27. The van der Waals surface area contributed by atoms with Crippen molar-refractivity contribution in [2.45, 2.75) is 0 Å². The zero-order valence-corrected chi connectivity index (χ0v) is 30.6. The predicted octanol–water partition coefficient (Wildman–Crippen LogP) is 14.9. The van der Waals surface area contributed by atoms with Gasteiger partial charge in [0.2, 0.25) is 0 Å². The van der Waals surface area contributed by atoms with Gasteiger partial charge in [-0.1, -0.05) is 152 Å². The van der Waals surface area contributed by atoms with Crippen molar-refractivity contribution < 1.29 is 0 Å². The van der Waals surface area contributed by atoms with Crippen molar-refractivity contribution in [1.29, 1.82) is 0 Å². The molecule has 0 N–H and O–H groups in total. The highest BCUT2D eigenvalue weighted by Crippen LogP contribution is 2.49. The summed E-state index contributed by atoms with van der Waals surface area (Å²) in [5.41, 5.74) is 10.6. The normalized spacial score (nSPS) is 11.4. The van der Waals surface area contributed by atoms with E-state index in [1.165, 1.54) is 65.3 Å². The van der Waals surface area contributed by atoms with E-state index in [9.17, 15) is 0 Å². The minimum Gasteiger partial charge on any atom is -0.345 e. The van der Waals surface area contributed by atoms with Crippen molar-refractivity contribution in [1.82, 2.24) is 0 Å². The molecule has 2 heteroatoms. The van der Waals surface area contributed by atoms with Gasteiger partial charge in [0.25, 0.3) is 0 Å². The highest BCUT2D eigenvalue weighted by atomic mass is 15.1. The van der Waals surface area contributed by atoms with Crippen molar-refractivity contribution >= 4 is 71.5 Å². The molecule has 0 atom stereocenters. The average Bonchev–Trinajstić information content (AvgIpc) is 3.26. The van der Waals surface area contributed by atoms with Gasteiger partial charge in [0, 0.05) is 35.5 Å². The van der Waals surface area contributed by atoms with E-state index < -0.39 is 0 Å². The summed E-state index contributed by atoms with van der Waals surface area (Å²) in [5, 5.41) is 9.82. The highest BCUT2D eigenvalue weighted by Gasteiger charge is 2.22. The molecule has 55 heavy (non-hydrogen) atoms. The Balaban J connectivity index is 1.36. The van der Waals surface area contributed by atoms with Crippen molar-refractivity contribution in [3.8, 4) is 22.3 Å². The lowest BCUT2D eigenvalue weighted by molar-refractivity contribution is 1.21. The van der Waals surface area contributed by atoms with Gasteiger partial charge in [0.05, 0.1) is 0 Å². The lowest BCUT2D eigenvalue weighted by atomic mass is 9.83. The summed E-state index contributed by atoms with van der Waals surface area (Å²) in [6, 6.07) is 77.1. The SMILES string of the molecule is CN(c1ccccc1)c1ccc2c(-c3cccc4ccccc34)c3cc(N(c4ccccc4)c4ccccc4)ccc3c(-c3cccc4ccccc34)c2c1. The lowest BCUT2D eigenvalue weighted by Crippen LogP contribution is -2.10. The maximum Gasteiger partial charge on any atom is 0.0468 e. The number of rotatable bonds is 7. The fourth-order valence-corrected chi connectivity index (χ4v) is 8.42. The van der Waals surface area contributed by atoms with E-state index in [2.05, 4.69) is 229 Å². The van der Waals surface area contributed by atoms with Crippen LogP contribution in [0.5, 0.6) is 0 Å². The van der Waals surface area contributed by atoms with Gasteiger partial charge in [0.1, 0.15) is 0 Å². The van der Waals surface area contributed by atoms with Crippen LogP contribution in [0.25, 0.3) is 65.3 Å². The molecule has 0 spiro atoms. The molecule has 2 nitrogen and oxygen atoms in total. The zero-order valence-electron chi connectivity index (χ0n) is 30.6. The molecule has 0 aliphatic carbocycles. The van der Waals surface area contributed by atoms with Gasteiger partial charge in [-0.2, -0.15) is 0 Å². The molecule has 0 aliphatic rings. The Bertz CT molecular complexity index is 2940. The summed E-state index contributed by atoms with van der Waals surface area (Å²) in [6.07, 6.45) is 0. The second-order valence-electron chi connectivity index (χ2n) is 14.2. The fraction of sp³-hybridized carbons (Fsp3) is 0.0189. The summed E-state index contributed by atoms with van der Waals surface area (Å²) in [5.74, 6) is 0. The Morgan fingerprint density at radius 1 is 0.273 bits per heavy atom. The van der Waals surface area contributed by atoms with Crippen LogP contribution in [0.2, 0.25) is 0 Å². The van der Waals surface area contributed by atoms with Crippen molar-refractivity contribution in [2.24, 2.45) is 0 Å². The van der Waals surface area contributed by atoms with Gasteiger partial charge in [-0.15, -0.1) is 0 Å². The van der Waals surface area contributed by atoms with Gasteiger partial charge >= 0.3 is 0 Å². The van der Waals surface area contributed by atoms with Crippen LogP contribution < -0.4 is 9.80 Å². The minimum absolute atomic E-state index is 1.11. The molecule has 0 saturated heterocycles. The molecule has 0 amide bonds. The van der Waals surface area contributed by atoms with Gasteiger partial charge in [-0.25, -0.2) is 0 Å². The Hall–Kier alpha value is -7.16. The van der Waals surface area contributed by atoms with Gasteiger partial charge < -0.3 is 9.80 Å². The molecule has 0 fully saturated rings. The molecule has 260 valence electrons. The Labute approximate surface area is 321 Å². The predicted molar refractivity (Wildman–Crippen MR) is 237 cm³/mol. The van der Waals surface area contributed by atoms with E-state index in [-0.39, 0.29) is 0 Å². The van der Waals surface area contributed by atoms with E-state index in [1.807, 2.05) is 0 Å². The quantitative estimate of drug-likeness (QED) is 0.153. The topological polar surface area (TPSA) is 6.48 Å². The summed E-state index contributed by atoms with van der Waals surface area (Å²) in [4.78, 5) is 4.65. The van der Waals surface area contributed by atoms with Crippen molar-refractivity contribution in [3.63, 3.8) is 0 Å². The molecule has 0 saturated carbocycles. The van der Waals surface area contributed by atoms with Crippen molar-refractivity contribution in [2.75, 3.05) is 16.8 Å². The average molecular weight is 703 g/mol. The van der Waals surface area contributed by atoms with E-state index in [0.717, 1.165) is 28.4 Å². The Morgan fingerprint density at radius 3 is 1.18 bits per heavy atom. The number of benzene rings is 10. The van der Waals surface area contributed by atoms with E-state index >= 15 is 0 Å². The third-order valence-corrected chi connectivity index (χ3v) is 11.0. The molecule has 10 aromatic rings. The van der Waals surface area contributed by atoms with Crippen LogP contribution in [0.3, 0.4) is 0 Å². The van der Waals surface area contributed by atoms with Gasteiger partial charge in [0.15, 0.2) is 0 Å². The second kappa shape index (κ2) is 13.7. The Kier molecular flexibility index (Phi) is 8.08. The van der Waals surface area contributed by atoms with Crippen LogP contribution in [0.4, 0.5) is 28.4 Å². The first-order valence-corrected chi connectivity index (χ1v) is 18.9. The molecule has 0 bridgehead atoms. The third kappa shape index (κ3) is 5.67. The molecule has 10 aromatic carbocycles. The first-order valence-electron chi connectivity index (χ1n) is 18.9. The van der Waals surface area contributed by atoms with E-state index in [0.29, 0.717) is 0 Å². The maximum atomic E-state index is 2.42. The van der Waals surface area contributed by atoms with Crippen LogP contribution in [-0.4, -0.2) is 7.05 Å². The molecule has 0 aliphatic heterocycles. The third-order valence-electron chi connectivity index (χ3n) is 11.0. The monoisotopic (exact) mass is 702 g/mol. The Morgan fingerprint density at radius 2 is 0.673 bits per heavy atom. The number of hydrogen-bond donors (Lipinski definition) is 0.